The smallest absolute Gasteiger partial charge is 0.349 e. The SMILES string of the molecule is CCN(CC)c1ccc2cc(C(=O)NCCCCCC(=O)Nc3ccc([As]4SCCS4)cc3)c(=O)oc2c1. The van der Waals surface area contributed by atoms with E-state index in [1.165, 1.54) is 15.9 Å². The molecular formula is C28H34AsN3O4S2. The van der Waals surface area contributed by atoms with E-state index in [1.807, 2.05) is 30.3 Å². The van der Waals surface area contributed by atoms with Gasteiger partial charge in [0, 0.05) is 30.2 Å². The predicted molar refractivity (Wildman–Crippen MR) is 162 cm³/mol. The monoisotopic (exact) mass is 615 g/mol. The third-order valence-corrected chi connectivity index (χ3v) is 20.1. The molecule has 1 aliphatic heterocycles. The number of fused-ring (bicyclic) bond motifs is 1. The third kappa shape index (κ3) is 7.61. The molecule has 10 heteroatoms. The summed E-state index contributed by atoms with van der Waals surface area (Å²) in [6, 6.07) is 15.6. The third-order valence-electron chi connectivity index (χ3n) is 6.32. The number of hydrogen-bond donors (Lipinski definition) is 2. The number of anilines is 2. The van der Waals surface area contributed by atoms with E-state index < -0.39 is 23.9 Å². The number of hydrogen-bond acceptors (Lipinski definition) is 7. The molecule has 0 radical (unpaired) electrons. The summed E-state index contributed by atoms with van der Waals surface area (Å²) >= 11 is -0.979. The van der Waals surface area contributed by atoms with Crippen molar-refractivity contribution in [1.29, 1.82) is 0 Å². The van der Waals surface area contributed by atoms with Crippen molar-refractivity contribution in [2.24, 2.45) is 0 Å². The van der Waals surface area contributed by atoms with E-state index in [2.05, 4.69) is 61.6 Å². The van der Waals surface area contributed by atoms with Crippen LogP contribution < -0.4 is 25.5 Å². The zero-order valence-corrected chi connectivity index (χ0v) is 25.3. The molecule has 2 aromatic carbocycles. The van der Waals surface area contributed by atoms with Crippen LogP contribution in [0.1, 0.15) is 49.9 Å². The van der Waals surface area contributed by atoms with Gasteiger partial charge in [-0.15, -0.1) is 0 Å². The van der Waals surface area contributed by atoms with Gasteiger partial charge in [-0.3, -0.25) is 4.79 Å². The largest absolute Gasteiger partial charge is 0.422 e. The van der Waals surface area contributed by atoms with Crippen molar-refractivity contribution in [2.45, 2.75) is 39.5 Å². The minimum atomic E-state index is -0.979. The quantitative estimate of drug-likeness (QED) is 0.173. The molecule has 2 amide bonds. The average molecular weight is 616 g/mol. The van der Waals surface area contributed by atoms with Crippen molar-refractivity contribution >= 4 is 70.9 Å². The maximum atomic E-state index is 12.6. The molecule has 3 aromatic rings. The van der Waals surface area contributed by atoms with E-state index in [4.69, 9.17) is 4.42 Å². The molecule has 2 N–H and O–H groups in total. The van der Waals surface area contributed by atoms with Gasteiger partial charge in [-0.05, 0) is 32.0 Å². The van der Waals surface area contributed by atoms with Crippen LogP contribution in [0.15, 0.2) is 57.7 Å². The number of rotatable bonds is 12. The molecule has 0 spiro atoms. The zero-order chi connectivity index (χ0) is 26.9. The van der Waals surface area contributed by atoms with Crippen LogP contribution in [0.25, 0.3) is 11.0 Å². The van der Waals surface area contributed by atoms with Gasteiger partial charge in [0.05, 0.1) is 0 Å². The van der Waals surface area contributed by atoms with E-state index in [1.54, 1.807) is 6.07 Å². The van der Waals surface area contributed by atoms with Crippen LogP contribution in [0.4, 0.5) is 11.4 Å². The first-order valence-corrected chi connectivity index (χ1v) is 20.5. The topological polar surface area (TPSA) is 91.7 Å². The molecule has 0 bridgehead atoms. The number of carbonyl (C=O) groups is 2. The van der Waals surface area contributed by atoms with Crippen molar-refractivity contribution in [2.75, 3.05) is 41.4 Å². The van der Waals surface area contributed by atoms with Crippen LogP contribution in [0, 0.1) is 0 Å². The van der Waals surface area contributed by atoms with Crippen molar-refractivity contribution < 1.29 is 14.0 Å². The molecule has 1 aromatic heterocycles. The van der Waals surface area contributed by atoms with E-state index in [0.29, 0.717) is 23.9 Å². The van der Waals surface area contributed by atoms with Crippen molar-refractivity contribution in [1.82, 2.24) is 5.32 Å². The van der Waals surface area contributed by atoms with Crippen LogP contribution in [-0.2, 0) is 4.79 Å². The van der Waals surface area contributed by atoms with Gasteiger partial charge in [-0.1, -0.05) is 0 Å². The molecule has 0 unspecified atom stereocenters. The van der Waals surface area contributed by atoms with E-state index in [0.717, 1.165) is 43.7 Å². The maximum Gasteiger partial charge on any atom is 0.349 e. The molecule has 2 heterocycles. The van der Waals surface area contributed by atoms with Crippen LogP contribution in [0.3, 0.4) is 0 Å². The summed E-state index contributed by atoms with van der Waals surface area (Å²) in [7, 11) is 4.22. The average Bonchev–Trinajstić information content (AvgIpc) is 3.46. The fraction of sp³-hybridized carbons (Fsp3) is 0.393. The maximum absolute atomic E-state index is 12.6. The van der Waals surface area contributed by atoms with Crippen molar-refractivity contribution in [3.05, 3.63) is 64.5 Å². The Hall–Kier alpha value is -2.35. The van der Waals surface area contributed by atoms with Gasteiger partial charge in [-0.2, -0.15) is 0 Å². The Labute approximate surface area is 234 Å². The van der Waals surface area contributed by atoms with E-state index in [-0.39, 0.29) is 11.5 Å². The number of unbranched alkanes of at least 4 members (excludes halogenated alkanes) is 2. The standard InChI is InChI=1S/C28H34AsN3O4S2/c1-3-32(4-2)23-14-9-20-18-24(28(35)36-25(20)19-23)27(34)30-15-7-5-6-8-26(33)31-22-12-10-21(11-13-22)29-37-16-17-38-29/h9-14,18-19H,3-8,15-17H2,1-2H3,(H,30,34)(H,31,33). The Kier molecular flexibility index (Phi) is 10.7. The molecule has 0 aliphatic carbocycles. The Morgan fingerprint density at radius 1 is 0.974 bits per heavy atom. The molecular weight excluding hydrogens is 581 g/mol. The minimum Gasteiger partial charge on any atom is -0.422 e. The van der Waals surface area contributed by atoms with Crippen LogP contribution in [-0.4, -0.2) is 55.3 Å². The summed E-state index contributed by atoms with van der Waals surface area (Å²) in [6.07, 6.45) is 2.69. The Morgan fingerprint density at radius 2 is 1.71 bits per heavy atom. The molecule has 0 atom stereocenters. The summed E-state index contributed by atoms with van der Waals surface area (Å²) in [5.41, 5.74) is 1.66. The molecule has 4 rings (SSSR count). The molecule has 1 saturated heterocycles. The number of carbonyl (C=O) groups excluding carboxylic acids is 2. The first-order chi connectivity index (χ1) is 18.5. The fourth-order valence-electron chi connectivity index (χ4n) is 4.24. The molecule has 1 aliphatic rings. The van der Waals surface area contributed by atoms with Gasteiger partial charge in [0.1, 0.15) is 11.1 Å². The molecule has 0 saturated carbocycles. The fourth-order valence-corrected chi connectivity index (χ4v) is 18.4. The van der Waals surface area contributed by atoms with E-state index >= 15 is 0 Å². The van der Waals surface area contributed by atoms with Crippen molar-refractivity contribution in [3.8, 4) is 0 Å². The van der Waals surface area contributed by atoms with Crippen LogP contribution >= 0.6 is 20.0 Å². The number of amides is 2. The Morgan fingerprint density at radius 3 is 2.42 bits per heavy atom. The minimum absolute atomic E-state index is 0.00202. The summed E-state index contributed by atoms with van der Waals surface area (Å²) in [5, 5.41) is 6.49. The van der Waals surface area contributed by atoms with Gasteiger partial charge >= 0.3 is 137 Å². The molecule has 202 valence electrons. The molecule has 7 nitrogen and oxygen atoms in total. The Balaban J connectivity index is 1.18. The second-order valence-corrected chi connectivity index (χ2v) is 20.7. The first-order valence-electron chi connectivity index (χ1n) is 13.1. The van der Waals surface area contributed by atoms with Crippen molar-refractivity contribution in [3.63, 3.8) is 0 Å². The van der Waals surface area contributed by atoms with Gasteiger partial charge in [0.2, 0.25) is 0 Å². The number of benzene rings is 2. The van der Waals surface area contributed by atoms with Gasteiger partial charge < -0.3 is 9.32 Å². The van der Waals surface area contributed by atoms with Crippen LogP contribution in [0.5, 0.6) is 0 Å². The number of nitrogens with one attached hydrogen (secondary N) is 2. The summed E-state index contributed by atoms with van der Waals surface area (Å²) < 4.78 is 6.90. The summed E-state index contributed by atoms with van der Waals surface area (Å²) in [6.45, 7) is 6.28. The summed E-state index contributed by atoms with van der Waals surface area (Å²) in [4.78, 5) is 39.5. The second-order valence-electron chi connectivity index (χ2n) is 8.93. The van der Waals surface area contributed by atoms with Gasteiger partial charge in [0.25, 0.3) is 5.91 Å². The van der Waals surface area contributed by atoms with E-state index in [9.17, 15) is 14.4 Å². The van der Waals surface area contributed by atoms with Gasteiger partial charge in [0.15, 0.2) is 0 Å². The first kappa shape index (κ1) is 28.7. The Bertz CT molecular complexity index is 1310. The summed E-state index contributed by atoms with van der Waals surface area (Å²) in [5.74, 6) is 2.07. The normalized spacial score (nSPS) is 13.5. The molecule has 1 fully saturated rings. The zero-order valence-electron chi connectivity index (χ0n) is 21.8. The van der Waals surface area contributed by atoms with Gasteiger partial charge in [-0.25, -0.2) is 4.79 Å². The van der Waals surface area contributed by atoms with Crippen LogP contribution in [0.2, 0.25) is 0 Å². The molecule has 38 heavy (non-hydrogen) atoms. The predicted octanol–water partition coefficient (Wildman–Crippen LogP) is 4.74. The number of nitrogens with zero attached hydrogens (tertiary/aromatic N) is 1. The second kappa shape index (κ2) is 14.2.